The number of halogens is 1. The van der Waals surface area contributed by atoms with Crippen LogP contribution in [0.3, 0.4) is 0 Å². The molecule has 1 aliphatic carbocycles. The molecule has 0 bridgehead atoms. The average Bonchev–Trinajstić information content (AvgIpc) is 3.29. The average molecular weight is 331 g/mol. The molecule has 6 heteroatoms. The van der Waals surface area contributed by atoms with Gasteiger partial charge in [-0.15, -0.1) is 0 Å². The van der Waals surface area contributed by atoms with Crippen LogP contribution in [0.25, 0.3) is 0 Å². The molecule has 1 heterocycles. The SMILES string of the molecule is O=C(NCC#CCOc1ccccc1Cl)c1cc(C2CC2)on1. The number of ether oxygens (including phenoxy) is 1. The fourth-order valence-corrected chi connectivity index (χ4v) is 2.15. The fraction of sp³-hybridized carbons (Fsp3) is 0.294. The second-order valence-electron chi connectivity index (χ2n) is 5.14. The summed E-state index contributed by atoms with van der Waals surface area (Å²) < 4.78 is 10.6. The number of hydrogen-bond acceptors (Lipinski definition) is 4. The topological polar surface area (TPSA) is 64.4 Å². The second-order valence-corrected chi connectivity index (χ2v) is 5.55. The van der Waals surface area contributed by atoms with E-state index < -0.39 is 0 Å². The zero-order chi connectivity index (χ0) is 16.1. The molecule has 1 aliphatic rings. The number of carbonyl (C=O) groups excluding carboxylic acids is 1. The highest BCUT2D eigenvalue weighted by molar-refractivity contribution is 6.32. The molecule has 1 aromatic carbocycles. The smallest absolute Gasteiger partial charge is 0.274 e. The lowest BCUT2D eigenvalue weighted by molar-refractivity contribution is 0.0949. The standard InChI is InChI=1S/C17H15ClN2O3/c18-13-5-1-2-6-15(13)22-10-4-3-9-19-17(21)14-11-16(23-20-14)12-7-8-12/h1-2,5-6,11-12H,7-10H2,(H,19,21). The number of nitrogens with zero attached hydrogens (tertiary/aromatic N) is 1. The van der Waals surface area contributed by atoms with Crippen LogP contribution in [0.4, 0.5) is 0 Å². The minimum Gasteiger partial charge on any atom is -0.479 e. The molecule has 0 spiro atoms. The Morgan fingerprint density at radius 1 is 1.39 bits per heavy atom. The van der Waals surface area contributed by atoms with Gasteiger partial charge in [0.15, 0.2) is 5.69 Å². The number of aromatic nitrogens is 1. The van der Waals surface area contributed by atoms with Gasteiger partial charge in [0.25, 0.3) is 5.91 Å². The van der Waals surface area contributed by atoms with Crippen molar-refractivity contribution in [3.63, 3.8) is 0 Å². The Bertz CT molecular complexity index is 756. The van der Waals surface area contributed by atoms with Crippen LogP contribution in [0.15, 0.2) is 34.9 Å². The van der Waals surface area contributed by atoms with Crippen molar-refractivity contribution in [3.8, 4) is 17.6 Å². The molecular formula is C17H15ClN2O3. The van der Waals surface area contributed by atoms with E-state index in [4.69, 9.17) is 20.9 Å². The van der Waals surface area contributed by atoms with Crippen molar-refractivity contribution >= 4 is 17.5 Å². The molecule has 5 nitrogen and oxygen atoms in total. The van der Waals surface area contributed by atoms with Crippen molar-refractivity contribution in [1.29, 1.82) is 0 Å². The van der Waals surface area contributed by atoms with Gasteiger partial charge in [0.1, 0.15) is 18.1 Å². The monoisotopic (exact) mass is 330 g/mol. The molecular weight excluding hydrogens is 316 g/mol. The van der Waals surface area contributed by atoms with E-state index in [1.165, 1.54) is 0 Å². The summed E-state index contributed by atoms with van der Waals surface area (Å²) >= 11 is 5.96. The predicted molar refractivity (Wildman–Crippen MR) is 85.5 cm³/mol. The zero-order valence-electron chi connectivity index (χ0n) is 12.3. The van der Waals surface area contributed by atoms with Crippen LogP contribution in [0.2, 0.25) is 5.02 Å². The van der Waals surface area contributed by atoms with Crippen LogP contribution in [-0.4, -0.2) is 24.2 Å². The number of hydrogen-bond donors (Lipinski definition) is 1. The van der Waals surface area contributed by atoms with Gasteiger partial charge in [0.05, 0.1) is 11.6 Å². The predicted octanol–water partition coefficient (Wildman–Crippen LogP) is 3.02. The van der Waals surface area contributed by atoms with Crippen molar-refractivity contribution < 1.29 is 14.1 Å². The molecule has 1 fully saturated rings. The first-order valence-electron chi connectivity index (χ1n) is 7.32. The van der Waals surface area contributed by atoms with Gasteiger partial charge in [0, 0.05) is 12.0 Å². The summed E-state index contributed by atoms with van der Waals surface area (Å²) in [4.78, 5) is 11.8. The van der Waals surface area contributed by atoms with Gasteiger partial charge in [-0.25, -0.2) is 0 Å². The maximum Gasteiger partial charge on any atom is 0.274 e. The third-order valence-electron chi connectivity index (χ3n) is 3.34. The fourth-order valence-electron chi connectivity index (χ4n) is 1.96. The molecule has 1 amide bonds. The second kappa shape index (κ2) is 7.21. The molecule has 1 N–H and O–H groups in total. The summed E-state index contributed by atoms with van der Waals surface area (Å²) in [5.41, 5.74) is 0.293. The Hall–Kier alpha value is -2.45. The van der Waals surface area contributed by atoms with E-state index in [9.17, 15) is 4.79 Å². The normalized spacial score (nSPS) is 13.1. The van der Waals surface area contributed by atoms with E-state index in [2.05, 4.69) is 22.3 Å². The number of carbonyl (C=O) groups is 1. The van der Waals surface area contributed by atoms with E-state index >= 15 is 0 Å². The van der Waals surface area contributed by atoms with Crippen molar-refractivity contribution in [3.05, 3.63) is 46.8 Å². The summed E-state index contributed by atoms with van der Waals surface area (Å²) in [6.45, 7) is 0.422. The lowest BCUT2D eigenvalue weighted by atomic mass is 10.3. The third-order valence-corrected chi connectivity index (χ3v) is 3.65. The number of para-hydroxylation sites is 1. The Morgan fingerprint density at radius 2 is 2.22 bits per heavy atom. The van der Waals surface area contributed by atoms with Gasteiger partial charge in [-0.3, -0.25) is 4.79 Å². The number of nitrogens with one attached hydrogen (secondary N) is 1. The Kier molecular flexibility index (Phi) is 4.84. The molecule has 3 rings (SSSR count). The van der Waals surface area contributed by atoms with Crippen LogP contribution in [0, 0.1) is 11.8 Å². The Morgan fingerprint density at radius 3 is 3.00 bits per heavy atom. The molecule has 1 saturated carbocycles. The quantitative estimate of drug-likeness (QED) is 0.856. The molecule has 0 unspecified atom stereocenters. The minimum atomic E-state index is -0.290. The van der Waals surface area contributed by atoms with Crippen molar-refractivity contribution in [1.82, 2.24) is 10.5 Å². The molecule has 118 valence electrons. The van der Waals surface area contributed by atoms with Crippen molar-refractivity contribution in [2.75, 3.05) is 13.2 Å². The van der Waals surface area contributed by atoms with Crippen molar-refractivity contribution in [2.24, 2.45) is 0 Å². The summed E-state index contributed by atoms with van der Waals surface area (Å²) in [5, 5.41) is 6.97. The van der Waals surface area contributed by atoms with Gasteiger partial charge in [0.2, 0.25) is 0 Å². The largest absolute Gasteiger partial charge is 0.479 e. The Labute approximate surface area is 138 Å². The maximum absolute atomic E-state index is 11.8. The van der Waals surface area contributed by atoms with E-state index in [1.54, 1.807) is 18.2 Å². The highest BCUT2D eigenvalue weighted by atomic mass is 35.5. The Balaban J connectivity index is 1.40. The van der Waals surface area contributed by atoms with Gasteiger partial charge in [-0.05, 0) is 25.0 Å². The van der Waals surface area contributed by atoms with E-state index in [1.807, 2.05) is 12.1 Å². The molecule has 0 saturated heterocycles. The van der Waals surface area contributed by atoms with Crippen LogP contribution < -0.4 is 10.1 Å². The highest BCUT2D eigenvalue weighted by Crippen LogP contribution is 2.40. The van der Waals surface area contributed by atoms with E-state index in [0.717, 1.165) is 18.6 Å². The van der Waals surface area contributed by atoms with Gasteiger partial charge in [-0.1, -0.05) is 40.7 Å². The van der Waals surface area contributed by atoms with Crippen LogP contribution >= 0.6 is 11.6 Å². The van der Waals surface area contributed by atoms with Crippen LogP contribution in [0.1, 0.15) is 35.0 Å². The molecule has 0 atom stereocenters. The van der Waals surface area contributed by atoms with Gasteiger partial charge in [-0.2, -0.15) is 0 Å². The summed E-state index contributed by atoms with van der Waals surface area (Å²) in [6.07, 6.45) is 2.21. The number of rotatable bonds is 5. The van der Waals surface area contributed by atoms with Gasteiger partial charge < -0.3 is 14.6 Å². The summed E-state index contributed by atoms with van der Waals surface area (Å²) in [6, 6.07) is 8.88. The molecule has 2 aromatic rings. The molecule has 0 radical (unpaired) electrons. The molecule has 23 heavy (non-hydrogen) atoms. The van der Waals surface area contributed by atoms with Gasteiger partial charge >= 0.3 is 0 Å². The van der Waals surface area contributed by atoms with Crippen LogP contribution in [0.5, 0.6) is 5.75 Å². The van der Waals surface area contributed by atoms with Crippen LogP contribution in [-0.2, 0) is 0 Å². The number of benzene rings is 1. The maximum atomic E-state index is 11.8. The first-order valence-corrected chi connectivity index (χ1v) is 7.69. The molecule has 0 aliphatic heterocycles. The van der Waals surface area contributed by atoms with Crippen molar-refractivity contribution in [2.45, 2.75) is 18.8 Å². The third kappa shape index (κ3) is 4.27. The van der Waals surface area contributed by atoms with E-state index in [0.29, 0.717) is 22.4 Å². The lowest BCUT2D eigenvalue weighted by Crippen LogP contribution is -2.23. The first-order chi connectivity index (χ1) is 11.2. The summed E-state index contributed by atoms with van der Waals surface area (Å²) in [5.74, 6) is 7.14. The highest BCUT2D eigenvalue weighted by Gasteiger charge is 2.28. The lowest BCUT2D eigenvalue weighted by Gasteiger charge is -2.02. The molecule has 1 aromatic heterocycles. The minimum absolute atomic E-state index is 0.204. The number of amides is 1. The summed E-state index contributed by atoms with van der Waals surface area (Å²) in [7, 11) is 0. The van der Waals surface area contributed by atoms with E-state index in [-0.39, 0.29) is 19.1 Å². The zero-order valence-corrected chi connectivity index (χ0v) is 13.1. The first kappa shape index (κ1) is 15.4.